The number of nitrogens with zero attached hydrogens (tertiary/aromatic N) is 4. The Labute approximate surface area is 212 Å². The van der Waals surface area contributed by atoms with Crippen molar-refractivity contribution in [3.05, 3.63) is 110 Å². The molecule has 0 amide bonds. The summed E-state index contributed by atoms with van der Waals surface area (Å²) in [5.41, 5.74) is 1.79. The van der Waals surface area contributed by atoms with Gasteiger partial charge >= 0.3 is 17.3 Å². The van der Waals surface area contributed by atoms with E-state index in [4.69, 9.17) is 4.74 Å². The lowest BCUT2D eigenvalue weighted by Gasteiger charge is -2.13. The van der Waals surface area contributed by atoms with E-state index in [-0.39, 0.29) is 18.7 Å². The normalized spacial score (nSPS) is 12.4. The maximum Gasteiger partial charge on any atom is 0.335 e. The molecule has 4 aromatic rings. The van der Waals surface area contributed by atoms with Crippen LogP contribution in [0.1, 0.15) is 23.7 Å². The molecule has 10 nitrogen and oxygen atoms in total. The van der Waals surface area contributed by atoms with E-state index in [1.165, 1.54) is 11.5 Å². The minimum atomic E-state index is -1.10. The molecule has 190 valence electrons. The van der Waals surface area contributed by atoms with Gasteiger partial charge in [0.1, 0.15) is 11.5 Å². The molecule has 0 aliphatic carbocycles. The van der Waals surface area contributed by atoms with Gasteiger partial charge in [-0.1, -0.05) is 36.8 Å². The highest BCUT2D eigenvalue weighted by atomic mass is 16.5. The number of hydrogen-bond donors (Lipinski definition) is 2. The van der Waals surface area contributed by atoms with E-state index in [9.17, 15) is 19.5 Å². The summed E-state index contributed by atoms with van der Waals surface area (Å²) in [6.07, 6.45) is 1.69. The van der Waals surface area contributed by atoms with Crippen molar-refractivity contribution >= 4 is 11.7 Å². The number of hydrogen-bond acceptors (Lipinski definition) is 6. The van der Waals surface area contributed by atoms with Crippen molar-refractivity contribution < 1.29 is 14.6 Å². The molecule has 0 unspecified atom stereocenters. The topological polar surface area (TPSA) is 132 Å². The quantitative estimate of drug-likeness (QED) is 0.381. The number of benzene rings is 2. The van der Waals surface area contributed by atoms with Gasteiger partial charge in [-0.05, 0) is 55.8 Å². The van der Waals surface area contributed by atoms with Crippen LogP contribution in [0, 0.1) is 19.8 Å². The van der Waals surface area contributed by atoms with Crippen LogP contribution in [-0.4, -0.2) is 30.2 Å². The maximum absolute atomic E-state index is 13.3. The van der Waals surface area contributed by atoms with E-state index < -0.39 is 23.3 Å². The molecule has 0 spiro atoms. The van der Waals surface area contributed by atoms with E-state index in [2.05, 4.69) is 15.0 Å². The zero-order chi connectivity index (χ0) is 26.5. The van der Waals surface area contributed by atoms with Gasteiger partial charge in [-0.25, -0.2) is 19.1 Å². The molecule has 0 saturated heterocycles. The first-order chi connectivity index (χ1) is 17.7. The number of aryl methyl sites for hydroxylation is 2. The van der Waals surface area contributed by atoms with Gasteiger partial charge in [0, 0.05) is 12.7 Å². The number of carbonyl (C=O) groups is 1. The molecule has 2 N–H and O–H groups in total. The number of carboxylic acids is 1. The zero-order valence-electron chi connectivity index (χ0n) is 20.7. The van der Waals surface area contributed by atoms with Gasteiger partial charge in [0.2, 0.25) is 5.62 Å². The number of aromatic nitrogens is 4. The van der Waals surface area contributed by atoms with Crippen LogP contribution in [-0.2, 0) is 17.9 Å². The number of pyridine rings is 1. The molecule has 37 heavy (non-hydrogen) atoms. The molecule has 4 rings (SSSR count). The standard InChI is InChI=1S/C27H27N5O5/c1-17-6-8-20(9-7-17)16-31-25(30-26(35)32(27(31)36)15-18(2)24(33)34)29-21-10-12-22(13-11-21)37-23-5-4-14-28-19(23)3/h4-14,18H,15-16H2,1-3H3,(H,33,34)(H,29,30,35)/t18-/m0/s1. The van der Waals surface area contributed by atoms with Crippen LogP contribution in [0.15, 0.2) is 81.4 Å². The second kappa shape index (κ2) is 10.9. The molecule has 0 bridgehead atoms. The third kappa shape index (κ3) is 6.10. The van der Waals surface area contributed by atoms with Gasteiger partial charge in [-0.2, -0.15) is 0 Å². The molecule has 2 aromatic carbocycles. The fraction of sp³-hybridized carbons (Fsp3) is 0.222. The Morgan fingerprint density at radius 2 is 1.76 bits per heavy atom. The molecule has 10 heteroatoms. The largest absolute Gasteiger partial charge is 0.481 e. The summed E-state index contributed by atoms with van der Waals surface area (Å²) in [5.74, 6) is -0.819. The monoisotopic (exact) mass is 501 g/mol. The van der Waals surface area contributed by atoms with Crippen LogP contribution in [0.5, 0.6) is 11.5 Å². The highest BCUT2D eigenvalue weighted by molar-refractivity contribution is 5.69. The van der Waals surface area contributed by atoms with Gasteiger partial charge in [0.15, 0.2) is 0 Å². The molecule has 0 aliphatic heterocycles. The number of aromatic amines is 1. The van der Waals surface area contributed by atoms with Crippen LogP contribution in [0.3, 0.4) is 0 Å². The molecule has 0 aliphatic rings. The van der Waals surface area contributed by atoms with Crippen molar-refractivity contribution in [3.8, 4) is 11.5 Å². The highest BCUT2D eigenvalue weighted by Gasteiger charge is 2.17. The predicted molar refractivity (Wildman–Crippen MR) is 137 cm³/mol. The van der Waals surface area contributed by atoms with Crippen molar-refractivity contribution in [2.24, 2.45) is 10.9 Å². The van der Waals surface area contributed by atoms with Gasteiger partial charge in [-0.15, -0.1) is 0 Å². The minimum Gasteiger partial charge on any atom is -0.481 e. The van der Waals surface area contributed by atoms with Crippen LogP contribution >= 0.6 is 0 Å². The fourth-order valence-electron chi connectivity index (χ4n) is 3.59. The van der Waals surface area contributed by atoms with E-state index in [1.807, 2.05) is 44.2 Å². The van der Waals surface area contributed by atoms with Gasteiger partial charge in [-0.3, -0.25) is 19.3 Å². The summed E-state index contributed by atoms with van der Waals surface area (Å²) in [5, 5.41) is 9.27. The Kier molecular flexibility index (Phi) is 7.47. The Balaban J connectivity index is 1.75. The molecule has 0 saturated carbocycles. The summed E-state index contributed by atoms with van der Waals surface area (Å²) in [6, 6.07) is 18.1. The Hall–Kier alpha value is -4.73. The maximum atomic E-state index is 13.3. The number of nitrogens with one attached hydrogen (secondary N) is 1. The summed E-state index contributed by atoms with van der Waals surface area (Å²) < 4.78 is 8.08. The van der Waals surface area contributed by atoms with Crippen molar-refractivity contribution in [1.29, 1.82) is 0 Å². The van der Waals surface area contributed by atoms with E-state index in [0.29, 0.717) is 17.2 Å². The van der Waals surface area contributed by atoms with Gasteiger partial charge < -0.3 is 9.84 Å². The third-order valence-corrected chi connectivity index (χ3v) is 5.78. The van der Waals surface area contributed by atoms with Crippen LogP contribution in [0.4, 0.5) is 5.69 Å². The summed E-state index contributed by atoms with van der Waals surface area (Å²) >= 11 is 0. The lowest BCUT2D eigenvalue weighted by Crippen LogP contribution is -2.51. The van der Waals surface area contributed by atoms with Gasteiger partial charge in [0.25, 0.3) is 0 Å². The average Bonchev–Trinajstić information content (AvgIpc) is 2.87. The minimum absolute atomic E-state index is 0.0478. The second-order valence-electron chi connectivity index (χ2n) is 8.75. The number of ether oxygens (including phenoxy) is 1. The molecule has 0 fully saturated rings. The van der Waals surface area contributed by atoms with E-state index in [1.54, 1.807) is 36.5 Å². The van der Waals surface area contributed by atoms with Crippen molar-refractivity contribution in [2.45, 2.75) is 33.9 Å². The number of H-pyrrole nitrogens is 1. The Morgan fingerprint density at radius 1 is 1.05 bits per heavy atom. The summed E-state index contributed by atoms with van der Waals surface area (Å²) in [7, 11) is 0. The van der Waals surface area contributed by atoms with Crippen LogP contribution in [0.25, 0.3) is 0 Å². The first-order valence-corrected chi connectivity index (χ1v) is 11.7. The second-order valence-corrected chi connectivity index (χ2v) is 8.75. The molecule has 2 aromatic heterocycles. The van der Waals surface area contributed by atoms with E-state index >= 15 is 0 Å². The Morgan fingerprint density at radius 3 is 2.41 bits per heavy atom. The number of aliphatic carboxylic acids is 1. The SMILES string of the molecule is Cc1ccc(Cn2c(=O)n(C[C@H](C)C(=O)O)c(=O)[nH]/c2=N\c2ccc(Oc3cccnc3C)cc2)cc1. The number of carboxylic acid groups (broad SMARTS) is 1. The van der Waals surface area contributed by atoms with Crippen molar-refractivity contribution in [2.75, 3.05) is 0 Å². The first kappa shape index (κ1) is 25.4. The molecule has 2 heterocycles. The smallest absolute Gasteiger partial charge is 0.335 e. The average molecular weight is 502 g/mol. The Bertz CT molecular complexity index is 1600. The van der Waals surface area contributed by atoms with Crippen LogP contribution < -0.4 is 21.7 Å². The first-order valence-electron chi connectivity index (χ1n) is 11.7. The van der Waals surface area contributed by atoms with Crippen LogP contribution in [0.2, 0.25) is 0 Å². The fourth-order valence-corrected chi connectivity index (χ4v) is 3.59. The highest BCUT2D eigenvalue weighted by Crippen LogP contribution is 2.25. The zero-order valence-corrected chi connectivity index (χ0v) is 20.7. The van der Waals surface area contributed by atoms with Crippen molar-refractivity contribution in [3.63, 3.8) is 0 Å². The van der Waals surface area contributed by atoms with E-state index in [0.717, 1.165) is 21.4 Å². The lowest BCUT2D eigenvalue weighted by molar-refractivity contribution is -0.141. The van der Waals surface area contributed by atoms with Crippen molar-refractivity contribution in [1.82, 2.24) is 19.1 Å². The predicted octanol–water partition coefficient (Wildman–Crippen LogP) is 3.14. The summed E-state index contributed by atoms with van der Waals surface area (Å²) in [6.45, 7) is 5.12. The third-order valence-electron chi connectivity index (χ3n) is 5.78. The molecular formula is C27H27N5O5. The van der Waals surface area contributed by atoms with Gasteiger partial charge in [0.05, 0.1) is 23.8 Å². The lowest BCUT2D eigenvalue weighted by atomic mass is 10.1. The molecular weight excluding hydrogens is 474 g/mol. The summed E-state index contributed by atoms with van der Waals surface area (Å²) in [4.78, 5) is 48.8. The number of rotatable bonds is 8. The molecule has 1 atom stereocenters. The molecule has 0 radical (unpaired) electrons.